The Hall–Kier alpha value is -1.75. The van der Waals surface area contributed by atoms with Gasteiger partial charge in [-0.05, 0) is 18.4 Å². The van der Waals surface area contributed by atoms with E-state index in [1.54, 1.807) is 0 Å². The van der Waals surface area contributed by atoms with Crippen molar-refractivity contribution in [2.45, 2.75) is 33.1 Å². The zero-order valence-electron chi connectivity index (χ0n) is 11.8. The van der Waals surface area contributed by atoms with Crippen molar-refractivity contribution in [1.29, 1.82) is 0 Å². The Balaban J connectivity index is 1.97. The number of hydrogen-bond acceptors (Lipinski definition) is 4. The van der Waals surface area contributed by atoms with Gasteiger partial charge >= 0.3 is 0 Å². The van der Waals surface area contributed by atoms with Crippen LogP contribution in [-0.2, 0) is 11.2 Å². The highest BCUT2D eigenvalue weighted by molar-refractivity contribution is 7.15. The molecule has 0 saturated carbocycles. The van der Waals surface area contributed by atoms with Crippen LogP contribution < -0.4 is 5.32 Å². The van der Waals surface area contributed by atoms with Crippen molar-refractivity contribution in [2.24, 2.45) is 5.92 Å². The molecule has 1 heterocycles. The summed E-state index contributed by atoms with van der Waals surface area (Å²) < 4.78 is 0. The van der Waals surface area contributed by atoms with Crippen molar-refractivity contribution in [2.75, 3.05) is 5.32 Å². The highest BCUT2D eigenvalue weighted by Crippen LogP contribution is 2.20. The molecule has 0 spiro atoms. The highest BCUT2D eigenvalue weighted by atomic mass is 32.1. The van der Waals surface area contributed by atoms with E-state index in [-0.39, 0.29) is 11.8 Å². The van der Waals surface area contributed by atoms with Gasteiger partial charge in [0, 0.05) is 12.3 Å². The molecule has 2 rings (SSSR count). The van der Waals surface area contributed by atoms with Crippen LogP contribution in [0.2, 0.25) is 0 Å². The van der Waals surface area contributed by atoms with Crippen LogP contribution in [0, 0.1) is 5.92 Å². The van der Waals surface area contributed by atoms with Gasteiger partial charge in [0.1, 0.15) is 5.01 Å². The summed E-state index contributed by atoms with van der Waals surface area (Å²) in [4.78, 5) is 12.0. The summed E-state index contributed by atoms with van der Waals surface area (Å²) >= 11 is 1.44. The summed E-state index contributed by atoms with van der Waals surface area (Å²) in [6.45, 7) is 4.04. The molecule has 0 atom stereocenters. The number of anilines is 1. The molecule has 5 heteroatoms. The Morgan fingerprint density at radius 2 is 1.90 bits per heavy atom. The second kappa shape index (κ2) is 7.14. The molecule has 0 aliphatic carbocycles. The van der Waals surface area contributed by atoms with E-state index in [9.17, 15) is 4.79 Å². The van der Waals surface area contributed by atoms with Crippen LogP contribution in [0.25, 0.3) is 0 Å². The van der Waals surface area contributed by atoms with Crippen molar-refractivity contribution in [3.8, 4) is 0 Å². The van der Waals surface area contributed by atoms with Crippen molar-refractivity contribution >= 4 is 22.4 Å². The summed E-state index contributed by atoms with van der Waals surface area (Å²) in [6, 6.07) is 10.1. The predicted octanol–water partition coefficient (Wildman–Crippen LogP) is 3.50. The topological polar surface area (TPSA) is 54.9 Å². The Labute approximate surface area is 123 Å². The molecule has 0 saturated heterocycles. The largest absolute Gasteiger partial charge is 0.300 e. The first-order chi connectivity index (χ1) is 9.72. The number of amides is 1. The minimum atomic E-state index is 0.0393. The number of benzene rings is 1. The molecule has 20 heavy (non-hydrogen) atoms. The Kier molecular flexibility index (Phi) is 5.24. The maximum Gasteiger partial charge on any atom is 0.229 e. The van der Waals surface area contributed by atoms with E-state index < -0.39 is 0 Å². The monoisotopic (exact) mass is 289 g/mol. The highest BCUT2D eigenvalue weighted by Gasteiger charge is 2.16. The maximum atomic E-state index is 12.0. The Morgan fingerprint density at radius 1 is 1.20 bits per heavy atom. The first-order valence-corrected chi connectivity index (χ1v) is 7.71. The van der Waals surface area contributed by atoms with Crippen molar-refractivity contribution in [1.82, 2.24) is 10.2 Å². The van der Waals surface area contributed by atoms with Gasteiger partial charge in [0.2, 0.25) is 11.0 Å². The fraction of sp³-hybridized carbons (Fsp3) is 0.400. The first kappa shape index (κ1) is 14.7. The molecule has 1 aromatic carbocycles. The van der Waals surface area contributed by atoms with Crippen molar-refractivity contribution in [3.05, 3.63) is 40.9 Å². The van der Waals surface area contributed by atoms with E-state index in [1.807, 2.05) is 32.0 Å². The van der Waals surface area contributed by atoms with E-state index >= 15 is 0 Å². The lowest BCUT2D eigenvalue weighted by Crippen LogP contribution is -2.21. The Bertz CT molecular complexity index is 549. The van der Waals surface area contributed by atoms with Gasteiger partial charge in [-0.2, -0.15) is 0 Å². The zero-order valence-corrected chi connectivity index (χ0v) is 12.6. The van der Waals surface area contributed by atoms with E-state index in [0.717, 1.165) is 24.3 Å². The average Bonchev–Trinajstić information content (AvgIpc) is 2.88. The second-order valence-electron chi connectivity index (χ2n) is 4.67. The number of carbonyl (C=O) groups is 1. The molecule has 4 nitrogen and oxygen atoms in total. The second-order valence-corrected chi connectivity index (χ2v) is 5.73. The van der Waals surface area contributed by atoms with Crippen LogP contribution >= 0.6 is 11.3 Å². The summed E-state index contributed by atoms with van der Waals surface area (Å²) in [5.74, 6) is 0.0916. The van der Waals surface area contributed by atoms with Gasteiger partial charge in [0.05, 0.1) is 0 Å². The molecule has 1 aromatic heterocycles. The number of aromatic nitrogens is 2. The molecular weight excluding hydrogens is 270 g/mol. The number of nitrogens with zero attached hydrogens (tertiary/aromatic N) is 2. The first-order valence-electron chi connectivity index (χ1n) is 6.90. The fourth-order valence-electron chi connectivity index (χ4n) is 2.01. The van der Waals surface area contributed by atoms with Gasteiger partial charge < -0.3 is 5.32 Å². The lowest BCUT2D eigenvalue weighted by molar-refractivity contribution is -0.120. The van der Waals surface area contributed by atoms with Gasteiger partial charge in [-0.15, -0.1) is 10.2 Å². The smallest absolute Gasteiger partial charge is 0.229 e. The number of carbonyl (C=O) groups excluding carboxylic acids is 1. The van der Waals surface area contributed by atoms with Crippen LogP contribution in [-0.4, -0.2) is 16.1 Å². The van der Waals surface area contributed by atoms with E-state index in [1.165, 1.54) is 16.9 Å². The van der Waals surface area contributed by atoms with Gasteiger partial charge in [0.25, 0.3) is 0 Å². The normalized spacial score (nSPS) is 10.8. The molecule has 0 bridgehead atoms. The zero-order chi connectivity index (χ0) is 14.4. The lowest BCUT2D eigenvalue weighted by atomic mass is 10.0. The standard InChI is InChI=1S/C15H19N3OS/c1-3-12(4-2)14(19)16-15-18-17-13(20-15)10-11-8-6-5-7-9-11/h5-9,12H,3-4,10H2,1-2H3,(H,16,18,19). The number of nitrogens with one attached hydrogen (secondary N) is 1. The Morgan fingerprint density at radius 3 is 2.55 bits per heavy atom. The third-order valence-electron chi connectivity index (χ3n) is 3.25. The fourth-order valence-corrected chi connectivity index (χ4v) is 2.79. The van der Waals surface area contributed by atoms with Crippen LogP contribution in [0.15, 0.2) is 30.3 Å². The third kappa shape index (κ3) is 3.87. The van der Waals surface area contributed by atoms with Crippen LogP contribution in [0.1, 0.15) is 37.3 Å². The summed E-state index contributed by atoms with van der Waals surface area (Å²) in [6.07, 6.45) is 2.44. The summed E-state index contributed by atoms with van der Waals surface area (Å²) in [7, 11) is 0. The number of rotatable bonds is 6. The quantitative estimate of drug-likeness (QED) is 0.885. The molecule has 0 radical (unpaired) electrons. The third-order valence-corrected chi connectivity index (χ3v) is 4.09. The van der Waals surface area contributed by atoms with Gasteiger partial charge in [0.15, 0.2) is 0 Å². The molecule has 2 aromatic rings. The molecule has 1 N–H and O–H groups in total. The van der Waals surface area contributed by atoms with Crippen LogP contribution in [0.4, 0.5) is 5.13 Å². The SMILES string of the molecule is CCC(CC)C(=O)Nc1nnc(Cc2ccccc2)s1. The summed E-state index contributed by atoms with van der Waals surface area (Å²) in [5, 5.41) is 12.5. The maximum absolute atomic E-state index is 12.0. The van der Waals surface area contributed by atoms with E-state index in [2.05, 4.69) is 27.6 Å². The van der Waals surface area contributed by atoms with Crippen molar-refractivity contribution in [3.63, 3.8) is 0 Å². The molecular formula is C15H19N3OS. The van der Waals surface area contributed by atoms with E-state index in [0.29, 0.717) is 5.13 Å². The average molecular weight is 289 g/mol. The minimum Gasteiger partial charge on any atom is -0.300 e. The van der Waals surface area contributed by atoms with Gasteiger partial charge in [-0.25, -0.2) is 0 Å². The molecule has 0 unspecified atom stereocenters. The number of hydrogen-bond donors (Lipinski definition) is 1. The van der Waals surface area contributed by atoms with Gasteiger partial charge in [-0.3, -0.25) is 4.79 Å². The molecule has 106 valence electrons. The minimum absolute atomic E-state index is 0.0393. The summed E-state index contributed by atoms with van der Waals surface area (Å²) in [5.41, 5.74) is 1.20. The van der Waals surface area contributed by atoms with Crippen molar-refractivity contribution < 1.29 is 4.79 Å². The molecule has 0 fully saturated rings. The lowest BCUT2D eigenvalue weighted by Gasteiger charge is -2.09. The molecule has 0 aliphatic rings. The molecule has 1 amide bonds. The van der Waals surface area contributed by atoms with Crippen LogP contribution in [0.3, 0.4) is 0 Å². The van der Waals surface area contributed by atoms with E-state index in [4.69, 9.17) is 0 Å². The van der Waals surface area contributed by atoms with Crippen LogP contribution in [0.5, 0.6) is 0 Å². The molecule has 0 aliphatic heterocycles. The predicted molar refractivity (Wildman–Crippen MR) is 81.9 cm³/mol. The van der Waals surface area contributed by atoms with Gasteiger partial charge in [-0.1, -0.05) is 55.5 Å².